The van der Waals surface area contributed by atoms with Gasteiger partial charge in [0.05, 0.1) is 12.4 Å². The van der Waals surface area contributed by atoms with Gasteiger partial charge in [0.2, 0.25) is 0 Å². The molecular formula is C11H20N6O. The Balaban J connectivity index is 2.45. The fourth-order valence-electron chi connectivity index (χ4n) is 1.24. The van der Waals surface area contributed by atoms with E-state index in [1.807, 2.05) is 7.05 Å². The second-order valence-electron chi connectivity index (χ2n) is 4.26. The van der Waals surface area contributed by atoms with Crippen molar-refractivity contribution >= 4 is 11.7 Å². The molecule has 4 N–H and O–H groups in total. The van der Waals surface area contributed by atoms with Gasteiger partial charge in [0.15, 0.2) is 5.82 Å². The second kappa shape index (κ2) is 6.87. The van der Waals surface area contributed by atoms with E-state index in [1.54, 1.807) is 0 Å². The van der Waals surface area contributed by atoms with Crippen LogP contribution in [0.2, 0.25) is 0 Å². The summed E-state index contributed by atoms with van der Waals surface area (Å²) < 4.78 is 0. The maximum atomic E-state index is 11.8. The summed E-state index contributed by atoms with van der Waals surface area (Å²) in [5.41, 5.74) is 2.60. The standard InChI is InChI=1S/C11H20N6O/c1-8(2)17(3)5-4-14-11(18)9-6-13-7-10(15-9)16-12/h6-8H,4-5,12H2,1-3H3,(H,14,18)(H,15,16). The first-order valence-electron chi connectivity index (χ1n) is 5.81. The topological polar surface area (TPSA) is 96.2 Å². The number of aromatic nitrogens is 2. The molecule has 1 amide bonds. The maximum absolute atomic E-state index is 11.8. The third kappa shape index (κ3) is 4.27. The Bertz CT molecular complexity index is 395. The van der Waals surface area contributed by atoms with E-state index in [4.69, 9.17) is 5.84 Å². The predicted octanol–water partition coefficient (Wildman–Crippen LogP) is -0.168. The first-order valence-corrected chi connectivity index (χ1v) is 5.81. The van der Waals surface area contributed by atoms with Gasteiger partial charge in [-0.1, -0.05) is 0 Å². The Morgan fingerprint density at radius 3 is 2.83 bits per heavy atom. The van der Waals surface area contributed by atoms with Crippen molar-refractivity contribution in [2.24, 2.45) is 5.84 Å². The number of carbonyl (C=O) groups excluding carboxylic acids is 1. The SMILES string of the molecule is CC(C)N(C)CCNC(=O)c1cncc(NN)n1. The molecule has 0 fully saturated rings. The fraction of sp³-hybridized carbons (Fsp3) is 0.545. The molecule has 0 aliphatic carbocycles. The number of hydrazine groups is 1. The molecule has 1 rings (SSSR count). The van der Waals surface area contributed by atoms with Crippen LogP contribution in [0.4, 0.5) is 5.82 Å². The molecule has 7 nitrogen and oxygen atoms in total. The summed E-state index contributed by atoms with van der Waals surface area (Å²) >= 11 is 0. The van der Waals surface area contributed by atoms with Gasteiger partial charge in [-0.05, 0) is 20.9 Å². The zero-order chi connectivity index (χ0) is 13.5. The summed E-state index contributed by atoms with van der Waals surface area (Å²) in [6.45, 7) is 5.55. The minimum Gasteiger partial charge on any atom is -0.349 e. The van der Waals surface area contributed by atoms with Gasteiger partial charge in [0, 0.05) is 19.1 Å². The van der Waals surface area contributed by atoms with E-state index < -0.39 is 0 Å². The van der Waals surface area contributed by atoms with Gasteiger partial charge < -0.3 is 15.6 Å². The molecule has 0 aromatic carbocycles. The molecule has 1 aromatic heterocycles. The van der Waals surface area contributed by atoms with Gasteiger partial charge in [-0.3, -0.25) is 9.78 Å². The van der Waals surface area contributed by atoms with Gasteiger partial charge in [-0.15, -0.1) is 0 Å². The van der Waals surface area contributed by atoms with Crippen molar-refractivity contribution in [3.63, 3.8) is 0 Å². The molecule has 0 saturated carbocycles. The number of hydrogen-bond acceptors (Lipinski definition) is 6. The summed E-state index contributed by atoms with van der Waals surface area (Å²) in [6, 6.07) is 0.450. The number of nitrogens with one attached hydrogen (secondary N) is 2. The summed E-state index contributed by atoms with van der Waals surface area (Å²) in [6.07, 6.45) is 2.85. The molecule has 0 bridgehead atoms. The third-order valence-corrected chi connectivity index (χ3v) is 2.65. The maximum Gasteiger partial charge on any atom is 0.271 e. The molecule has 0 saturated heterocycles. The minimum atomic E-state index is -0.253. The molecule has 1 heterocycles. The highest BCUT2D eigenvalue weighted by molar-refractivity contribution is 5.92. The molecule has 0 aliphatic rings. The van der Waals surface area contributed by atoms with Crippen LogP contribution in [0.3, 0.4) is 0 Å². The van der Waals surface area contributed by atoms with Gasteiger partial charge in [-0.25, -0.2) is 10.8 Å². The molecule has 100 valence electrons. The lowest BCUT2D eigenvalue weighted by Gasteiger charge is -2.20. The third-order valence-electron chi connectivity index (χ3n) is 2.65. The number of nitrogens with zero attached hydrogens (tertiary/aromatic N) is 3. The zero-order valence-corrected chi connectivity index (χ0v) is 11.0. The van der Waals surface area contributed by atoms with Crippen LogP contribution in [0.1, 0.15) is 24.3 Å². The van der Waals surface area contributed by atoms with Gasteiger partial charge in [0.25, 0.3) is 5.91 Å². The van der Waals surface area contributed by atoms with Crippen molar-refractivity contribution < 1.29 is 4.79 Å². The molecule has 18 heavy (non-hydrogen) atoms. The summed E-state index contributed by atoms with van der Waals surface area (Å²) in [5, 5.41) is 2.78. The van der Waals surface area contributed by atoms with Crippen LogP contribution in [0.5, 0.6) is 0 Å². The lowest BCUT2D eigenvalue weighted by Crippen LogP contribution is -2.36. The molecule has 0 unspecified atom stereocenters. The number of carbonyl (C=O) groups is 1. The number of nitrogens with two attached hydrogens (primary N) is 1. The van der Waals surface area contributed by atoms with Gasteiger partial charge in [-0.2, -0.15) is 0 Å². The van der Waals surface area contributed by atoms with Gasteiger partial charge >= 0.3 is 0 Å². The highest BCUT2D eigenvalue weighted by Gasteiger charge is 2.09. The van der Waals surface area contributed by atoms with Crippen molar-refractivity contribution in [3.05, 3.63) is 18.1 Å². The minimum absolute atomic E-state index is 0.248. The van der Waals surface area contributed by atoms with E-state index in [0.717, 1.165) is 6.54 Å². The van der Waals surface area contributed by atoms with E-state index in [1.165, 1.54) is 12.4 Å². The highest BCUT2D eigenvalue weighted by atomic mass is 16.1. The normalized spacial score (nSPS) is 10.8. The van der Waals surface area contributed by atoms with Gasteiger partial charge in [0.1, 0.15) is 5.69 Å². The monoisotopic (exact) mass is 252 g/mol. The first kappa shape index (κ1) is 14.3. The Morgan fingerprint density at radius 2 is 2.22 bits per heavy atom. The van der Waals surface area contributed by atoms with Crippen LogP contribution >= 0.6 is 0 Å². The number of anilines is 1. The molecular weight excluding hydrogens is 232 g/mol. The van der Waals surface area contributed by atoms with E-state index in [9.17, 15) is 4.79 Å². The average Bonchev–Trinajstić information content (AvgIpc) is 2.38. The Hall–Kier alpha value is -1.73. The van der Waals surface area contributed by atoms with Crippen molar-refractivity contribution in [1.29, 1.82) is 0 Å². The summed E-state index contributed by atoms with van der Waals surface area (Å²) in [5.74, 6) is 5.31. The smallest absolute Gasteiger partial charge is 0.271 e. The number of nitrogen functional groups attached to an aromatic ring is 1. The molecule has 0 aliphatic heterocycles. The number of rotatable bonds is 6. The Kier molecular flexibility index (Phi) is 5.47. The lowest BCUT2D eigenvalue weighted by molar-refractivity contribution is 0.0943. The molecule has 0 spiro atoms. The van der Waals surface area contributed by atoms with Crippen LogP contribution in [-0.2, 0) is 0 Å². The van der Waals surface area contributed by atoms with E-state index in [-0.39, 0.29) is 11.6 Å². The number of hydrogen-bond donors (Lipinski definition) is 3. The van der Waals surface area contributed by atoms with E-state index >= 15 is 0 Å². The Labute approximate surface area is 107 Å². The summed E-state index contributed by atoms with van der Waals surface area (Å²) in [7, 11) is 2.01. The van der Waals surface area contributed by atoms with Crippen molar-refractivity contribution in [1.82, 2.24) is 20.2 Å². The average molecular weight is 252 g/mol. The lowest BCUT2D eigenvalue weighted by atomic mass is 10.3. The zero-order valence-electron chi connectivity index (χ0n) is 11.0. The first-order chi connectivity index (χ1) is 8.54. The van der Waals surface area contributed by atoms with E-state index in [0.29, 0.717) is 18.4 Å². The summed E-state index contributed by atoms with van der Waals surface area (Å²) in [4.78, 5) is 21.8. The van der Waals surface area contributed by atoms with Crippen LogP contribution < -0.4 is 16.6 Å². The van der Waals surface area contributed by atoms with Crippen LogP contribution in [0.15, 0.2) is 12.4 Å². The number of likely N-dealkylation sites (N-methyl/N-ethyl adjacent to an activating group) is 1. The quantitative estimate of drug-likeness (QED) is 0.480. The molecule has 0 radical (unpaired) electrons. The highest BCUT2D eigenvalue weighted by Crippen LogP contribution is 1.99. The second-order valence-corrected chi connectivity index (χ2v) is 4.26. The van der Waals surface area contributed by atoms with Crippen molar-refractivity contribution in [3.8, 4) is 0 Å². The number of amides is 1. The molecule has 1 aromatic rings. The molecule has 7 heteroatoms. The fourth-order valence-corrected chi connectivity index (χ4v) is 1.24. The van der Waals surface area contributed by atoms with Crippen molar-refractivity contribution in [2.75, 3.05) is 25.6 Å². The van der Waals surface area contributed by atoms with Crippen LogP contribution in [-0.4, -0.2) is 47.0 Å². The van der Waals surface area contributed by atoms with E-state index in [2.05, 4.69) is 39.5 Å². The van der Waals surface area contributed by atoms with Crippen molar-refractivity contribution in [2.45, 2.75) is 19.9 Å². The van der Waals surface area contributed by atoms with Crippen LogP contribution in [0, 0.1) is 0 Å². The van der Waals surface area contributed by atoms with Crippen LogP contribution in [0.25, 0.3) is 0 Å². The predicted molar refractivity (Wildman–Crippen MR) is 69.9 cm³/mol. The Morgan fingerprint density at radius 1 is 1.50 bits per heavy atom. The largest absolute Gasteiger partial charge is 0.349 e. The molecule has 0 atom stereocenters.